The first-order chi connectivity index (χ1) is 9.40. The fraction of sp³-hybridized carbons (Fsp3) is 0.600. The van der Waals surface area contributed by atoms with E-state index >= 15 is 0 Å². The molecule has 0 atom stereocenters. The van der Waals surface area contributed by atoms with Crippen LogP contribution in [0.3, 0.4) is 0 Å². The monoisotopic (exact) mass is 264 g/mol. The van der Waals surface area contributed by atoms with Crippen molar-refractivity contribution in [2.75, 3.05) is 40.0 Å². The summed E-state index contributed by atoms with van der Waals surface area (Å²) in [6, 6.07) is 6.51. The fourth-order valence-corrected chi connectivity index (χ4v) is 2.23. The molecule has 19 heavy (non-hydrogen) atoms. The van der Waals surface area contributed by atoms with Crippen molar-refractivity contribution in [2.45, 2.75) is 19.4 Å². The number of nitrogens with one attached hydrogen (secondary N) is 2. The van der Waals surface area contributed by atoms with Gasteiger partial charge in [-0.05, 0) is 30.0 Å². The smallest absolute Gasteiger partial charge is 0.122 e. The van der Waals surface area contributed by atoms with Crippen LogP contribution in [0.15, 0.2) is 18.2 Å². The number of rotatable bonds is 8. The molecule has 0 unspecified atom stereocenters. The van der Waals surface area contributed by atoms with Gasteiger partial charge in [-0.2, -0.15) is 0 Å². The average molecular weight is 264 g/mol. The number of hydrogen-bond acceptors (Lipinski definition) is 4. The Hall–Kier alpha value is -1.10. The zero-order chi connectivity index (χ0) is 13.3. The summed E-state index contributed by atoms with van der Waals surface area (Å²) in [7, 11) is 1.72. The third-order valence-corrected chi connectivity index (χ3v) is 3.26. The minimum atomic E-state index is 0.769. The molecule has 1 aromatic rings. The van der Waals surface area contributed by atoms with E-state index in [1.165, 1.54) is 11.1 Å². The van der Waals surface area contributed by atoms with Crippen molar-refractivity contribution in [3.05, 3.63) is 29.3 Å². The SMILES string of the molecule is COCCNCCNCc1ccc2c(c1)CCCO2. The van der Waals surface area contributed by atoms with Crippen LogP contribution in [0.1, 0.15) is 17.5 Å². The number of hydrogen-bond donors (Lipinski definition) is 2. The molecular weight excluding hydrogens is 240 g/mol. The Labute approximate surface area is 115 Å². The Morgan fingerprint density at radius 3 is 3.00 bits per heavy atom. The number of aryl methyl sites for hydroxylation is 1. The molecule has 0 aliphatic carbocycles. The second kappa shape index (κ2) is 8.15. The molecule has 2 rings (SSSR count). The molecule has 2 N–H and O–H groups in total. The van der Waals surface area contributed by atoms with Gasteiger partial charge in [0.1, 0.15) is 5.75 Å². The highest BCUT2D eigenvalue weighted by molar-refractivity contribution is 5.38. The first-order valence-corrected chi connectivity index (χ1v) is 7.05. The first-order valence-electron chi connectivity index (χ1n) is 7.05. The molecule has 4 nitrogen and oxygen atoms in total. The van der Waals surface area contributed by atoms with Crippen LogP contribution in [0.25, 0.3) is 0 Å². The van der Waals surface area contributed by atoms with Crippen molar-refractivity contribution in [1.82, 2.24) is 10.6 Å². The van der Waals surface area contributed by atoms with Gasteiger partial charge in [-0.1, -0.05) is 12.1 Å². The molecule has 0 amide bonds. The predicted molar refractivity (Wildman–Crippen MR) is 76.7 cm³/mol. The van der Waals surface area contributed by atoms with Gasteiger partial charge in [-0.3, -0.25) is 0 Å². The van der Waals surface area contributed by atoms with Crippen LogP contribution < -0.4 is 15.4 Å². The third-order valence-electron chi connectivity index (χ3n) is 3.26. The Balaban J connectivity index is 1.66. The summed E-state index contributed by atoms with van der Waals surface area (Å²) in [5.74, 6) is 1.07. The number of fused-ring (bicyclic) bond motifs is 1. The first kappa shape index (κ1) is 14.3. The predicted octanol–water partition coefficient (Wildman–Crippen LogP) is 1.34. The zero-order valence-electron chi connectivity index (χ0n) is 11.7. The molecule has 0 fully saturated rings. The van der Waals surface area contributed by atoms with Crippen LogP contribution in [0.5, 0.6) is 5.75 Å². The summed E-state index contributed by atoms with van der Waals surface area (Å²) in [5.41, 5.74) is 2.69. The van der Waals surface area contributed by atoms with Crippen LogP contribution >= 0.6 is 0 Å². The lowest BCUT2D eigenvalue weighted by Gasteiger charge is -2.18. The summed E-state index contributed by atoms with van der Waals surface area (Å²) >= 11 is 0. The minimum absolute atomic E-state index is 0.769. The van der Waals surface area contributed by atoms with E-state index < -0.39 is 0 Å². The molecule has 1 heterocycles. The molecule has 0 saturated carbocycles. The Kier molecular flexibility index (Phi) is 6.14. The summed E-state index contributed by atoms with van der Waals surface area (Å²) in [5, 5.41) is 6.76. The summed E-state index contributed by atoms with van der Waals surface area (Å²) in [6.45, 7) is 5.39. The summed E-state index contributed by atoms with van der Waals surface area (Å²) in [4.78, 5) is 0. The van der Waals surface area contributed by atoms with E-state index in [0.717, 1.165) is 58.0 Å². The number of ether oxygens (including phenoxy) is 2. The van der Waals surface area contributed by atoms with Gasteiger partial charge in [-0.15, -0.1) is 0 Å². The van der Waals surface area contributed by atoms with E-state index in [-0.39, 0.29) is 0 Å². The van der Waals surface area contributed by atoms with Crippen molar-refractivity contribution in [3.63, 3.8) is 0 Å². The molecule has 0 aromatic heterocycles. The lowest BCUT2D eigenvalue weighted by atomic mass is 10.0. The maximum Gasteiger partial charge on any atom is 0.122 e. The van der Waals surface area contributed by atoms with Crippen molar-refractivity contribution < 1.29 is 9.47 Å². The minimum Gasteiger partial charge on any atom is -0.493 e. The van der Waals surface area contributed by atoms with Gasteiger partial charge in [0.15, 0.2) is 0 Å². The highest BCUT2D eigenvalue weighted by Crippen LogP contribution is 2.25. The molecule has 1 aliphatic heterocycles. The molecular formula is C15H24N2O2. The standard InChI is InChI=1S/C15H24N2O2/c1-18-10-8-16-6-7-17-12-13-4-5-15-14(11-13)3-2-9-19-15/h4-5,11,16-17H,2-3,6-10,12H2,1H3. The van der Waals surface area contributed by atoms with E-state index in [4.69, 9.17) is 9.47 Å². The van der Waals surface area contributed by atoms with E-state index in [0.29, 0.717) is 0 Å². The van der Waals surface area contributed by atoms with E-state index in [2.05, 4.69) is 28.8 Å². The molecule has 4 heteroatoms. The van der Waals surface area contributed by atoms with Crippen LogP contribution in [0, 0.1) is 0 Å². The van der Waals surface area contributed by atoms with Gasteiger partial charge in [0, 0.05) is 33.3 Å². The van der Waals surface area contributed by atoms with Crippen molar-refractivity contribution >= 4 is 0 Å². The lowest BCUT2D eigenvalue weighted by molar-refractivity contribution is 0.199. The quantitative estimate of drug-likeness (QED) is 0.695. The van der Waals surface area contributed by atoms with Gasteiger partial charge in [0.05, 0.1) is 13.2 Å². The van der Waals surface area contributed by atoms with Gasteiger partial charge in [0.2, 0.25) is 0 Å². The Morgan fingerprint density at radius 1 is 1.21 bits per heavy atom. The van der Waals surface area contributed by atoms with Gasteiger partial charge < -0.3 is 20.1 Å². The zero-order valence-corrected chi connectivity index (χ0v) is 11.7. The maximum atomic E-state index is 5.62. The van der Waals surface area contributed by atoms with Gasteiger partial charge in [0.25, 0.3) is 0 Å². The third kappa shape index (κ3) is 4.82. The van der Waals surface area contributed by atoms with E-state index in [1.807, 2.05) is 0 Å². The second-order valence-electron chi connectivity index (χ2n) is 4.81. The second-order valence-corrected chi connectivity index (χ2v) is 4.81. The van der Waals surface area contributed by atoms with Crippen LogP contribution in [0.4, 0.5) is 0 Å². The average Bonchev–Trinajstić information content (AvgIpc) is 2.46. The number of methoxy groups -OCH3 is 1. The summed E-state index contributed by atoms with van der Waals surface area (Å²) in [6.07, 6.45) is 2.27. The van der Waals surface area contributed by atoms with Crippen LogP contribution in [-0.2, 0) is 17.7 Å². The molecule has 0 bridgehead atoms. The van der Waals surface area contributed by atoms with E-state index in [1.54, 1.807) is 7.11 Å². The van der Waals surface area contributed by atoms with E-state index in [9.17, 15) is 0 Å². The summed E-state index contributed by atoms with van der Waals surface area (Å²) < 4.78 is 10.6. The van der Waals surface area contributed by atoms with Crippen molar-refractivity contribution in [2.24, 2.45) is 0 Å². The lowest BCUT2D eigenvalue weighted by Crippen LogP contribution is -2.29. The Morgan fingerprint density at radius 2 is 2.11 bits per heavy atom. The van der Waals surface area contributed by atoms with Crippen molar-refractivity contribution in [1.29, 1.82) is 0 Å². The van der Waals surface area contributed by atoms with Gasteiger partial charge in [-0.25, -0.2) is 0 Å². The molecule has 0 saturated heterocycles. The van der Waals surface area contributed by atoms with Crippen LogP contribution in [0.2, 0.25) is 0 Å². The topological polar surface area (TPSA) is 42.5 Å². The van der Waals surface area contributed by atoms with Crippen LogP contribution in [-0.4, -0.2) is 40.0 Å². The maximum absolute atomic E-state index is 5.62. The molecule has 0 spiro atoms. The highest BCUT2D eigenvalue weighted by Gasteiger charge is 2.09. The Bertz CT molecular complexity index is 382. The molecule has 0 radical (unpaired) electrons. The molecule has 1 aliphatic rings. The largest absolute Gasteiger partial charge is 0.493 e. The van der Waals surface area contributed by atoms with Crippen molar-refractivity contribution in [3.8, 4) is 5.75 Å². The molecule has 106 valence electrons. The van der Waals surface area contributed by atoms with Gasteiger partial charge >= 0.3 is 0 Å². The normalized spacial score (nSPS) is 13.9. The number of benzene rings is 1. The highest BCUT2D eigenvalue weighted by atomic mass is 16.5. The fourth-order valence-electron chi connectivity index (χ4n) is 2.23. The molecule has 1 aromatic carbocycles.